The van der Waals surface area contributed by atoms with Crippen molar-refractivity contribution in [3.63, 3.8) is 0 Å². The Kier molecular flexibility index (Phi) is 5.82. The molecule has 168 valence electrons. The molecule has 0 aromatic carbocycles. The standard InChI is InChI=1S/C22H34N2O5S/c1-7-11-23(20(3,4)5)18(27)16-22-10-9-21(6,30-22)15(19(28)29)14(22)17(26)24(16)13(8-2)12-25/h7,13-16,25H,1,8-12H2,2-6H3,(H,28,29)/t13-,14-,15+,16?,21-,22?/m0/s1. The normalized spacial score (nSPS) is 36.0. The molecule has 0 aromatic heterocycles. The third-order valence-corrected chi connectivity index (χ3v) is 9.16. The van der Waals surface area contributed by atoms with Gasteiger partial charge in [0.1, 0.15) is 6.04 Å². The van der Waals surface area contributed by atoms with Crippen molar-refractivity contribution in [1.82, 2.24) is 9.80 Å². The van der Waals surface area contributed by atoms with Gasteiger partial charge in [-0.3, -0.25) is 14.4 Å². The molecule has 1 spiro atoms. The van der Waals surface area contributed by atoms with Crippen LogP contribution >= 0.6 is 11.8 Å². The van der Waals surface area contributed by atoms with Gasteiger partial charge in [-0.05, 0) is 47.0 Å². The molecular formula is C22H34N2O5S. The number of aliphatic hydroxyl groups is 1. The molecule has 0 radical (unpaired) electrons. The predicted molar refractivity (Wildman–Crippen MR) is 116 cm³/mol. The van der Waals surface area contributed by atoms with Gasteiger partial charge in [0.2, 0.25) is 11.8 Å². The first-order valence-corrected chi connectivity index (χ1v) is 11.5. The lowest BCUT2D eigenvalue weighted by atomic mass is 9.66. The van der Waals surface area contributed by atoms with Gasteiger partial charge >= 0.3 is 5.97 Å². The van der Waals surface area contributed by atoms with Crippen LogP contribution in [-0.2, 0) is 14.4 Å². The molecule has 3 aliphatic heterocycles. The van der Waals surface area contributed by atoms with E-state index in [9.17, 15) is 24.6 Å². The lowest BCUT2D eigenvalue weighted by Crippen LogP contribution is -2.60. The summed E-state index contributed by atoms with van der Waals surface area (Å²) in [5, 5.41) is 20.0. The van der Waals surface area contributed by atoms with E-state index in [1.807, 2.05) is 34.6 Å². The average Bonchev–Trinajstić information content (AvgIpc) is 3.21. The van der Waals surface area contributed by atoms with Gasteiger partial charge in [0, 0.05) is 16.8 Å². The summed E-state index contributed by atoms with van der Waals surface area (Å²) in [6, 6.07) is -1.30. The highest BCUT2D eigenvalue weighted by Gasteiger charge is 2.78. The van der Waals surface area contributed by atoms with Crippen molar-refractivity contribution in [3.05, 3.63) is 12.7 Å². The Labute approximate surface area is 182 Å². The van der Waals surface area contributed by atoms with E-state index in [-0.39, 0.29) is 18.4 Å². The average molecular weight is 439 g/mol. The Hall–Kier alpha value is -1.54. The highest BCUT2D eigenvalue weighted by atomic mass is 32.2. The first-order chi connectivity index (χ1) is 13.9. The largest absolute Gasteiger partial charge is 0.481 e. The quantitative estimate of drug-likeness (QED) is 0.591. The van der Waals surface area contributed by atoms with Crippen molar-refractivity contribution in [2.75, 3.05) is 13.2 Å². The molecule has 8 heteroatoms. The first kappa shape index (κ1) is 23.1. The molecule has 0 aliphatic carbocycles. The third-order valence-electron chi connectivity index (χ3n) is 7.18. The summed E-state index contributed by atoms with van der Waals surface area (Å²) in [5.74, 6) is -3.05. The molecule has 2 bridgehead atoms. The van der Waals surface area contributed by atoms with Gasteiger partial charge in [-0.25, -0.2) is 0 Å². The van der Waals surface area contributed by atoms with E-state index >= 15 is 0 Å². The lowest BCUT2D eigenvalue weighted by Gasteiger charge is -2.43. The van der Waals surface area contributed by atoms with Crippen LogP contribution < -0.4 is 0 Å². The van der Waals surface area contributed by atoms with E-state index in [1.165, 1.54) is 16.7 Å². The zero-order chi connectivity index (χ0) is 22.6. The van der Waals surface area contributed by atoms with Gasteiger partial charge in [0.15, 0.2) is 0 Å². The van der Waals surface area contributed by atoms with Gasteiger partial charge in [-0.1, -0.05) is 13.0 Å². The molecule has 0 saturated carbocycles. The molecule has 3 fully saturated rings. The smallest absolute Gasteiger partial charge is 0.308 e. The molecule has 2 amide bonds. The van der Waals surface area contributed by atoms with E-state index in [4.69, 9.17) is 0 Å². The molecule has 3 saturated heterocycles. The number of hydrogen-bond donors (Lipinski definition) is 2. The summed E-state index contributed by atoms with van der Waals surface area (Å²) < 4.78 is -1.35. The number of fused-ring (bicyclic) bond motifs is 1. The SMILES string of the molecule is C=CCN(C(=O)C1N([C@@H](CC)CO)C(=O)[C@@H]2[C@H](C(=O)O)[C@]3(C)CCC12S3)C(C)(C)C. The maximum absolute atomic E-state index is 14.0. The zero-order valence-electron chi connectivity index (χ0n) is 18.6. The Morgan fingerprint density at radius 1 is 1.40 bits per heavy atom. The highest BCUT2D eigenvalue weighted by molar-refractivity contribution is 8.02. The minimum atomic E-state index is -0.978. The number of thioether (sulfide) groups is 1. The van der Waals surface area contributed by atoms with Crippen LogP contribution in [0, 0.1) is 11.8 Å². The summed E-state index contributed by atoms with van der Waals surface area (Å²) in [5.41, 5.74) is -0.493. The van der Waals surface area contributed by atoms with Crippen molar-refractivity contribution in [1.29, 1.82) is 0 Å². The number of hydrogen-bond acceptors (Lipinski definition) is 5. The maximum atomic E-state index is 14.0. The fourth-order valence-electron chi connectivity index (χ4n) is 5.80. The summed E-state index contributed by atoms with van der Waals surface area (Å²) >= 11 is 1.52. The number of carboxylic acid groups (broad SMARTS) is 1. The van der Waals surface area contributed by atoms with Crippen LogP contribution in [0.3, 0.4) is 0 Å². The van der Waals surface area contributed by atoms with Crippen LogP contribution in [0.5, 0.6) is 0 Å². The summed E-state index contributed by atoms with van der Waals surface area (Å²) in [6.07, 6.45) is 3.44. The molecule has 30 heavy (non-hydrogen) atoms. The van der Waals surface area contributed by atoms with E-state index in [0.29, 0.717) is 25.8 Å². The summed E-state index contributed by atoms with van der Waals surface area (Å²) in [4.78, 5) is 43.2. The van der Waals surface area contributed by atoms with Crippen LogP contribution in [0.15, 0.2) is 12.7 Å². The molecule has 2 unspecified atom stereocenters. The second-order valence-corrected chi connectivity index (χ2v) is 11.9. The van der Waals surface area contributed by atoms with Crippen LogP contribution in [0.2, 0.25) is 0 Å². The second-order valence-electron chi connectivity index (χ2n) is 9.96. The minimum absolute atomic E-state index is 0.187. The molecule has 0 aromatic rings. The number of aliphatic carboxylic acids is 1. The second kappa shape index (κ2) is 7.55. The molecule has 7 nitrogen and oxygen atoms in total. The number of carbonyl (C=O) groups excluding carboxylic acids is 2. The lowest BCUT2D eigenvalue weighted by molar-refractivity contribution is -0.151. The monoisotopic (exact) mass is 438 g/mol. The Balaban J connectivity index is 2.17. The van der Waals surface area contributed by atoms with Crippen LogP contribution in [-0.4, -0.2) is 78.1 Å². The number of carboxylic acids is 1. The number of likely N-dealkylation sites (tertiary alicyclic amines) is 1. The van der Waals surface area contributed by atoms with Crippen molar-refractivity contribution in [2.45, 2.75) is 81.0 Å². The molecular weight excluding hydrogens is 404 g/mol. The number of rotatable bonds is 7. The molecule has 3 rings (SSSR count). The third kappa shape index (κ3) is 3.09. The summed E-state index contributed by atoms with van der Waals surface area (Å²) in [6.45, 7) is 13.5. The fraction of sp³-hybridized carbons (Fsp3) is 0.773. The Morgan fingerprint density at radius 2 is 2.03 bits per heavy atom. The number of aliphatic hydroxyl groups excluding tert-OH is 1. The maximum Gasteiger partial charge on any atom is 0.308 e. The number of nitrogens with zero attached hydrogens (tertiary/aromatic N) is 2. The zero-order valence-corrected chi connectivity index (χ0v) is 19.4. The van der Waals surface area contributed by atoms with E-state index < -0.39 is 44.9 Å². The van der Waals surface area contributed by atoms with E-state index in [1.54, 1.807) is 11.0 Å². The van der Waals surface area contributed by atoms with Gasteiger partial charge in [-0.2, -0.15) is 0 Å². The predicted octanol–water partition coefficient (Wildman–Crippen LogP) is 2.14. The highest BCUT2D eigenvalue weighted by Crippen LogP contribution is 2.71. The van der Waals surface area contributed by atoms with E-state index in [0.717, 1.165) is 0 Å². The Bertz CT molecular complexity index is 761. The van der Waals surface area contributed by atoms with E-state index in [2.05, 4.69) is 6.58 Å². The fourth-order valence-corrected chi connectivity index (χ4v) is 8.13. The van der Waals surface area contributed by atoms with Crippen molar-refractivity contribution in [3.8, 4) is 0 Å². The van der Waals surface area contributed by atoms with Crippen molar-refractivity contribution < 1.29 is 24.6 Å². The van der Waals surface area contributed by atoms with Crippen LogP contribution in [0.4, 0.5) is 0 Å². The minimum Gasteiger partial charge on any atom is -0.481 e. The van der Waals surface area contributed by atoms with Gasteiger partial charge in [0.05, 0.1) is 29.2 Å². The van der Waals surface area contributed by atoms with Gasteiger partial charge in [0.25, 0.3) is 0 Å². The summed E-state index contributed by atoms with van der Waals surface area (Å²) in [7, 11) is 0. The van der Waals surface area contributed by atoms with Crippen LogP contribution in [0.1, 0.15) is 53.9 Å². The van der Waals surface area contributed by atoms with Gasteiger partial charge in [-0.15, -0.1) is 18.3 Å². The number of carbonyl (C=O) groups is 3. The molecule has 2 N–H and O–H groups in total. The molecule has 6 atom stereocenters. The molecule has 3 aliphatic rings. The van der Waals surface area contributed by atoms with Gasteiger partial charge < -0.3 is 20.0 Å². The van der Waals surface area contributed by atoms with Crippen LogP contribution in [0.25, 0.3) is 0 Å². The number of amides is 2. The van der Waals surface area contributed by atoms with Crippen molar-refractivity contribution >= 4 is 29.5 Å². The Morgan fingerprint density at radius 3 is 2.50 bits per heavy atom. The molecule has 3 heterocycles. The van der Waals surface area contributed by atoms with Crippen molar-refractivity contribution in [2.24, 2.45) is 11.8 Å². The first-order valence-electron chi connectivity index (χ1n) is 10.7. The topological polar surface area (TPSA) is 98.2 Å².